The lowest BCUT2D eigenvalue weighted by molar-refractivity contribution is -0.576. The molecule has 0 aromatic rings. The highest BCUT2D eigenvalue weighted by molar-refractivity contribution is 4.78. The molecule has 1 atom stereocenters. The van der Waals surface area contributed by atoms with Gasteiger partial charge in [0.2, 0.25) is 5.54 Å². The van der Waals surface area contributed by atoms with Crippen LogP contribution in [0, 0.1) is 10.1 Å². The van der Waals surface area contributed by atoms with Crippen molar-refractivity contribution in [3.8, 4) is 0 Å². The summed E-state index contributed by atoms with van der Waals surface area (Å²) in [5.74, 6) is 0. The zero-order chi connectivity index (χ0) is 15.3. The average molecular weight is 287 g/mol. The first-order chi connectivity index (χ1) is 9.63. The molecule has 0 aliphatic carbocycles. The molecule has 4 heteroatoms. The third-order valence-corrected chi connectivity index (χ3v) is 4.17. The molecular weight excluding hydrogens is 254 g/mol. The Morgan fingerprint density at radius 1 is 0.850 bits per heavy atom. The van der Waals surface area contributed by atoms with Crippen LogP contribution in [0.15, 0.2) is 0 Å². The summed E-state index contributed by atoms with van der Waals surface area (Å²) < 4.78 is 0. The van der Waals surface area contributed by atoms with Crippen LogP contribution in [0.2, 0.25) is 0 Å². The second-order valence-electron chi connectivity index (χ2n) is 5.97. The lowest BCUT2D eigenvalue weighted by Gasteiger charge is -2.23. The highest BCUT2D eigenvalue weighted by Crippen LogP contribution is 2.26. The summed E-state index contributed by atoms with van der Waals surface area (Å²) in [6, 6.07) is 0. The van der Waals surface area contributed by atoms with Gasteiger partial charge in [0.25, 0.3) is 0 Å². The number of aliphatic hydroxyl groups excluding tert-OH is 1. The summed E-state index contributed by atoms with van der Waals surface area (Å²) in [4.78, 5) is 11.1. The quantitative estimate of drug-likeness (QED) is 0.286. The van der Waals surface area contributed by atoms with Crippen LogP contribution in [0.3, 0.4) is 0 Å². The smallest absolute Gasteiger partial charge is 0.244 e. The molecular formula is C16H33NO3. The van der Waals surface area contributed by atoms with E-state index in [4.69, 9.17) is 0 Å². The van der Waals surface area contributed by atoms with Crippen molar-refractivity contribution in [2.24, 2.45) is 0 Å². The summed E-state index contributed by atoms with van der Waals surface area (Å²) in [6.45, 7) is 3.99. The highest BCUT2D eigenvalue weighted by atomic mass is 16.6. The van der Waals surface area contributed by atoms with E-state index in [1.165, 1.54) is 19.3 Å². The largest absolute Gasteiger partial charge is 0.389 e. The van der Waals surface area contributed by atoms with Crippen LogP contribution in [-0.4, -0.2) is 22.2 Å². The highest BCUT2D eigenvalue weighted by Gasteiger charge is 2.40. The molecule has 0 aliphatic heterocycles. The second-order valence-corrected chi connectivity index (χ2v) is 5.97. The molecule has 4 nitrogen and oxygen atoms in total. The van der Waals surface area contributed by atoms with Gasteiger partial charge in [-0.1, -0.05) is 65.2 Å². The van der Waals surface area contributed by atoms with E-state index in [1.807, 2.05) is 0 Å². The van der Waals surface area contributed by atoms with Crippen LogP contribution in [0.5, 0.6) is 0 Å². The van der Waals surface area contributed by atoms with Gasteiger partial charge < -0.3 is 5.11 Å². The van der Waals surface area contributed by atoms with E-state index in [9.17, 15) is 15.2 Å². The lowest BCUT2D eigenvalue weighted by Crippen LogP contribution is -2.42. The Kier molecular flexibility index (Phi) is 11.7. The molecule has 1 unspecified atom stereocenters. The van der Waals surface area contributed by atoms with Gasteiger partial charge in [-0.2, -0.15) is 0 Å². The van der Waals surface area contributed by atoms with Gasteiger partial charge in [0.1, 0.15) is 6.61 Å². The zero-order valence-corrected chi connectivity index (χ0v) is 13.4. The van der Waals surface area contributed by atoms with E-state index in [2.05, 4.69) is 13.8 Å². The molecule has 0 heterocycles. The molecule has 120 valence electrons. The Bertz CT molecular complexity index is 246. The van der Waals surface area contributed by atoms with Crippen LogP contribution in [-0.2, 0) is 0 Å². The van der Waals surface area contributed by atoms with E-state index in [0.29, 0.717) is 12.8 Å². The van der Waals surface area contributed by atoms with Gasteiger partial charge >= 0.3 is 0 Å². The van der Waals surface area contributed by atoms with Crippen molar-refractivity contribution in [3.05, 3.63) is 10.1 Å². The minimum Gasteiger partial charge on any atom is -0.389 e. The molecule has 0 fully saturated rings. The minimum absolute atomic E-state index is 0.231. The van der Waals surface area contributed by atoms with E-state index < -0.39 is 5.54 Å². The zero-order valence-electron chi connectivity index (χ0n) is 13.4. The maximum Gasteiger partial charge on any atom is 0.244 e. The van der Waals surface area contributed by atoms with Gasteiger partial charge in [-0.3, -0.25) is 10.1 Å². The van der Waals surface area contributed by atoms with Gasteiger partial charge in [-0.05, 0) is 12.8 Å². The van der Waals surface area contributed by atoms with Crippen molar-refractivity contribution in [2.45, 2.75) is 96.4 Å². The molecule has 0 bridgehead atoms. The van der Waals surface area contributed by atoms with Crippen molar-refractivity contribution in [1.82, 2.24) is 0 Å². The Hall–Kier alpha value is -0.640. The predicted molar refractivity (Wildman–Crippen MR) is 83.6 cm³/mol. The summed E-state index contributed by atoms with van der Waals surface area (Å²) in [5, 5.41) is 20.8. The van der Waals surface area contributed by atoms with E-state index in [1.54, 1.807) is 0 Å². The van der Waals surface area contributed by atoms with E-state index in [-0.39, 0.29) is 11.5 Å². The molecule has 0 aromatic carbocycles. The van der Waals surface area contributed by atoms with Crippen molar-refractivity contribution in [2.75, 3.05) is 6.61 Å². The predicted octanol–water partition coefficient (Wildman–Crippen LogP) is 4.72. The Balaban J connectivity index is 4.08. The summed E-state index contributed by atoms with van der Waals surface area (Å²) >= 11 is 0. The maximum atomic E-state index is 11.3. The fourth-order valence-corrected chi connectivity index (χ4v) is 2.64. The summed E-state index contributed by atoms with van der Waals surface area (Å²) in [7, 11) is 0. The van der Waals surface area contributed by atoms with Crippen LogP contribution < -0.4 is 0 Å². The molecule has 0 aliphatic rings. The van der Waals surface area contributed by atoms with Crippen LogP contribution in [0.25, 0.3) is 0 Å². The number of hydrogen-bond acceptors (Lipinski definition) is 3. The third kappa shape index (κ3) is 7.83. The molecule has 1 N–H and O–H groups in total. The van der Waals surface area contributed by atoms with E-state index in [0.717, 1.165) is 44.9 Å². The number of unbranched alkanes of at least 4 members (excludes halogenated alkanes) is 8. The molecule has 0 spiro atoms. The van der Waals surface area contributed by atoms with Crippen LogP contribution >= 0.6 is 0 Å². The standard InChI is InChI=1S/C16H33NO3/c1-3-5-7-9-10-12-14-16(15-18,17(19)20)13-11-8-6-4-2/h18H,3-15H2,1-2H3. The van der Waals surface area contributed by atoms with Gasteiger partial charge in [-0.15, -0.1) is 0 Å². The van der Waals surface area contributed by atoms with Crippen molar-refractivity contribution in [3.63, 3.8) is 0 Å². The molecule has 0 saturated heterocycles. The normalized spacial score (nSPS) is 14.2. The number of rotatable bonds is 14. The maximum absolute atomic E-state index is 11.3. The molecule has 0 saturated carbocycles. The molecule has 20 heavy (non-hydrogen) atoms. The summed E-state index contributed by atoms with van der Waals surface area (Å²) in [5.41, 5.74) is -1.08. The fraction of sp³-hybridized carbons (Fsp3) is 1.00. The van der Waals surface area contributed by atoms with Crippen molar-refractivity contribution in [1.29, 1.82) is 0 Å². The Labute approximate surface area is 124 Å². The van der Waals surface area contributed by atoms with Crippen LogP contribution in [0.1, 0.15) is 90.9 Å². The van der Waals surface area contributed by atoms with E-state index >= 15 is 0 Å². The molecule has 0 aromatic heterocycles. The van der Waals surface area contributed by atoms with Crippen LogP contribution in [0.4, 0.5) is 0 Å². The monoisotopic (exact) mass is 287 g/mol. The fourth-order valence-electron chi connectivity index (χ4n) is 2.64. The molecule has 0 radical (unpaired) electrons. The summed E-state index contributed by atoms with van der Waals surface area (Å²) in [6.07, 6.45) is 11.9. The molecule has 0 rings (SSSR count). The second kappa shape index (κ2) is 12.1. The number of nitrogens with zero attached hydrogens (tertiary/aromatic N) is 1. The van der Waals surface area contributed by atoms with Crippen molar-refractivity contribution >= 4 is 0 Å². The number of aliphatic hydroxyl groups is 1. The molecule has 0 amide bonds. The number of hydrogen-bond donors (Lipinski definition) is 1. The third-order valence-electron chi connectivity index (χ3n) is 4.17. The average Bonchev–Trinajstić information content (AvgIpc) is 2.44. The minimum atomic E-state index is -1.08. The lowest BCUT2D eigenvalue weighted by atomic mass is 9.87. The Morgan fingerprint density at radius 3 is 1.65 bits per heavy atom. The first-order valence-corrected chi connectivity index (χ1v) is 8.38. The number of nitro groups is 1. The van der Waals surface area contributed by atoms with Gasteiger partial charge in [0.15, 0.2) is 0 Å². The van der Waals surface area contributed by atoms with Gasteiger partial charge in [-0.25, -0.2) is 0 Å². The van der Waals surface area contributed by atoms with Crippen molar-refractivity contribution < 1.29 is 10.0 Å². The van der Waals surface area contributed by atoms with Gasteiger partial charge in [0.05, 0.1) is 0 Å². The first kappa shape index (κ1) is 19.4. The van der Waals surface area contributed by atoms with Gasteiger partial charge in [0, 0.05) is 17.8 Å². The topological polar surface area (TPSA) is 63.4 Å². The SMILES string of the molecule is CCCCCCCCC(CO)(CCCCCC)[N+](=O)[O-]. The first-order valence-electron chi connectivity index (χ1n) is 8.38. The Morgan fingerprint density at radius 2 is 1.25 bits per heavy atom.